The Hall–Kier alpha value is -0.780. The Balaban J connectivity index is 3.43. The van der Waals surface area contributed by atoms with E-state index >= 15 is 0 Å². The van der Waals surface area contributed by atoms with E-state index in [2.05, 4.69) is 20.9 Å². The van der Waals surface area contributed by atoms with E-state index in [0.717, 1.165) is 13.1 Å². The number of rotatable bonds is 0. The van der Waals surface area contributed by atoms with Crippen molar-refractivity contribution in [2.45, 2.75) is 13.1 Å². The van der Waals surface area contributed by atoms with Gasteiger partial charge in [0.15, 0.2) is 0 Å². The van der Waals surface area contributed by atoms with E-state index < -0.39 is 17.6 Å². The molecule has 0 aliphatic rings. The summed E-state index contributed by atoms with van der Waals surface area (Å²) in [6, 6.07) is 0. The van der Waals surface area contributed by atoms with Gasteiger partial charge in [0.05, 0.1) is 5.56 Å². The molecule has 1 aromatic heterocycles. The number of hydrogen-bond donors (Lipinski definition) is 1. The fourth-order valence-electron chi connectivity index (χ4n) is 0.918. The first kappa shape index (κ1) is 10.3. The molecule has 0 saturated heterocycles. The van der Waals surface area contributed by atoms with Gasteiger partial charge in [0.25, 0.3) is 0 Å². The van der Waals surface area contributed by atoms with Gasteiger partial charge in [0, 0.05) is 16.2 Å². The van der Waals surface area contributed by atoms with Crippen LogP contribution in [0.4, 0.5) is 13.2 Å². The summed E-state index contributed by atoms with van der Waals surface area (Å²) in [6.45, 7) is 1.16. The average Bonchev–Trinajstić information content (AvgIpc) is 1.95. The minimum Gasteiger partial charge on any atom is -0.493 e. The zero-order valence-electron chi connectivity index (χ0n) is 6.48. The number of nitrogens with zero attached hydrogens (tertiary/aromatic N) is 1. The van der Waals surface area contributed by atoms with Gasteiger partial charge in [-0.15, -0.1) is 0 Å². The van der Waals surface area contributed by atoms with E-state index in [0.29, 0.717) is 0 Å². The van der Waals surface area contributed by atoms with Crippen LogP contribution < -0.4 is 0 Å². The van der Waals surface area contributed by atoms with Crippen LogP contribution >= 0.6 is 15.9 Å². The highest BCUT2D eigenvalue weighted by Crippen LogP contribution is 2.38. The molecule has 0 saturated carbocycles. The molecule has 0 unspecified atom stereocenters. The lowest BCUT2D eigenvalue weighted by Gasteiger charge is -2.12. The Kier molecular flexibility index (Phi) is 2.51. The van der Waals surface area contributed by atoms with Crippen LogP contribution in [-0.2, 0) is 6.18 Å². The molecule has 2 nitrogen and oxygen atoms in total. The van der Waals surface area contributed by atoms with Crippen LogP contribution in [0.5, 0.6) is 5.88 Å². The molecule has 0 aliphatic carbocycles. The molecule has 0 spiro atoms. The van der Waals surface area contributed by atoms with Gasteiger partial charge in [-0.05, 0) is 22.9 Å². The number of pyridine rings is 1. The number of hydrogen-bond acceptors (Lipinski definition) is 2. The molecule has 72 valence electrons. The lowest BCUT2D eigenvalue weighted by molar-refractivity contribution is -0.138. The van der Waals surface area contributed by atoms with Crippen molar-refractivity contribution in [3.8, 4) is 5.88 Å². The van der Waals surface area contributed by atoms with Gasteiger partial charge in [0.2, 0.25) is 5.88 Å². The van der Waals surface area contributed by atoms with Crippen LogP contribution in [0.1, 0.15) is 11.1 Å². The molecular weight excluding hydrogens is 251 g/mol. The Labute approximate surface area is 80.5 Å². The van der Waals surface area contributed by atoms with Crippen LogP contribution in [0.15, 0.2) is 10.7 Å². The summed E-state index contributed by atoms with van der Waals surface area (Å²) in [4.78, 5) is 3.36. The summed E-state index contributed by atoms with van der Waals surface area (Å²) in [6.07, 6.45) is -3.56. The molecule has 1 N–H and O–H groups in total. The molecular formula is C7H5BrF3NO. The predicted molar refractivity (Wildman–Crippen MR) is 43.3 cm³/mol. The van der Waals surface area contributed by atoms with Crippen molar-refractivity contribution in [2.24, 2.45) is 0 Å². The van der Waals surface area contributed by atoms with E-state index in [4.69, 9.17) is 5.11 Å². The van der Waals surface area contributed by atoms with Crippen molar-refractivity contribution >= 4 is 15.9 Å². The lowest BCUT2D eigenvalue weighted by atomic mass is 10.1. The summed E-state index contributed by atoms with van der Waals surface area (Å²) in [7, 11) is 0. The van der Waals surface area contributed by atoms with Crippen LogP contribution in [0.25, 0.3) is 0 Å². The first-order valence-corrected chi connectivity index (χ1v) is 4.04. The van der Waals surface area contributed by atoms with Crippen molar-refractivity contribution < 1.29 is 18.3 Å². The van der Waals surface area contributed by atoms with Crippen LogP contribution in [0.2, 0.25) is 0 Å². The summed E-state index contributed by atoms with van der Waals surface area (Å²) < 4.78 is 36.8. The third-order valence-corrected chi connectivity index (χ3v) is 2.13. The standard InChI is InChI=1S/C7H5BrF3NO/c1-3-5(7(9,10)11)4(8)2-12-6(3)13/h2H,1H3,(H,12,13). The molecule has 0 atom stereocenters. The number of halogens is 4. The van der Waals surface area contributed by atoms with Crippen LogP contribution in [0.3, 0.4) is 0 Å². The quantitative estimate of drug-likeness (QED) is 0.774. The zero-order chi connectivity index (χ0) is 10.2. The van der Waals surface area contributed by atoms with Gasteiger partial charge in [0.1, 0.15) is 0 Å². The maximum atomic E-state index is 12.3. The third-order valence-electron chi connectivity index (χ3n) is 1.53. The Morgan fingerprint density at radius 1 is 1.46 bits per heavy atom. The fourth-order valence-corrected chi connectivity index (χ4v) is 1.54. The minimum absolute atomic E-state index is 0.171. The second kappa shape index (κ2) is 3.17. The second-order valence-corrected chi connectivity index (χ2v) is 3.28. The molecule has 0 radical (unpaired) electrons. The van der Waals surface area contributed by atoms with Crippen molar-refractivity contribution in [1.29, 1.82) is 0 Å². The fraction of sp³-hybridized carbons (Fsp3) is 0.286. The largest absolute Gasteiger partial charge is 0.493 e. The minimum atomic E-state index is -4.48. The predicted octanol–water partition coefficient (Wildman–Crippen LogP) is 2.88. The number of aromatic hydroxyl groups is 1. The average molecular weight is 256 g/mol. The molecule has 0 bridgehead atoms. The van der Waals surface area contributed by atoms with Gasteiger partial charge in [-0.3, -0.25) is 0 Å². The topological polar surface area (TPSA) is 33.1 Å². The molecule has 1 aromatic rings. The van der Waals surface area contributed by atoms with Crippen molar-refractivity contribution in [3.63, 3.8) is 0 Å². The maximum Gasteiger partial charge on any atom is 0.418 e. The maximum absolute atomic E-state index is 12.3. The SMILES string of the molecule is Cc1c(O)ncc(Br)c1C(F)(F)F. The Bertz CT molecular complexity index is 337. The van der Waals surface area contributed by atoms with Gasteiger partial charge < -0.3 is 5.11 Å². The van der Waals surface area contributed by atoms with Crippen LogP contribution in [-0.4, -0.2) is 10.1 Å². The summed E-state index contributed by atoms with van der Waals surface area (Å²) in [5.41, 5.74) is -1.16. The monoisotopic (exact) mass is 255 g/mol. The third kappa shape index (κ3) is 1.93. The molecule has 1 rings (SSSR count). The normalized spacial score (nSPS) is 11.8. The Morgan fingerprint density at radius 2 is 2.00 bits per heavy atom. The molecule has 13 heavy (non-hydrogen) atoms. The molecule has 1 heterocycles. The molecule has 0 aliphatic heterocycles. The first-order chi connectivity index (χ1) is 5.84. The van der Waals surface area contributed by atoms with Gasteiger partial charge in [-0.25, -0.2) is 4.98 Å². The molecule has 0 aromatic carbocycles. The molecule has 0 fully saturated rings. The summed E-state index contributed by atoms with van der Waals surface area (Å²) >= 11 is 2.72. The van der Waals surface area contributed by atoms with Gasteiger partial charge in [-0.1, -0.05) is 0 Å². The highest BCUT2D eigenvalue weighted by Gasteiger charge is 2.36. The number of alkyl halides is 3. The van der Waals surface area contributed by atoms with Crippen LogP contribution in [0, 0.1) is 6.92 Å². The van der Waals surface area contributed by atoms with Crippen molar-refractivity contribution in [3.05, 3.63) is 21.8 Å². The van der Waals surface area contributed by atoms with Gasteiger partial charge in [-0.2, -0.15) is 13.2 Å². The van der Waals surface area contributed by atoms with E-state index in [1.165, 1.54) is 0 Å². The lowest BCUT2D eigenvalue weighted by Crippen LogP contribution is -2.09. The van der Waals surface area contributed by atoms with E-state index in [-0.39, 0.29) is 10.0 Å². The molecule has 6 heteroatoms. The highest BCUT2D eigenvalue weighted by atomic mass is 79.9. The summed E-state index contributed by atoms with van der Waals surface area (Å²) in [5.74, 6) is -0.601. The first-order valence-electron chi connectivity index (χ1n) is 3.25. The molecule has 0 amide bonds. The second-order valence-electron chi connectivity index (χ2n) is 2.43. The zero-order valence-corrected chi connectivity index (χ0v) is 8.07. The van der Waals surface area contributed by atoms with E-state index in [1.807, 2.05) is 0 Å². The summed E-state index contributed by atoms with van der Waals surface area (Å²) in [5, 5.41) is 8.96. The number of aromatic nitrogens is 1. The van der Waals surface area contributed by atoms with Gasteiger partial charge >= 0.3 is 6.18 Å². The Morgan fingerprint density at radius 3 is 2.38 bits per heavy atom. The van der Waals surface area contributed by atoms with Crippen molar-refractivity contribution in [2.75, 3.05) is 0 Å². The van der Waals surface area contributed by atoms with E-state index in [1.54, 1.807) is 0 Å². The highest BCUT2D eigenvalue weighted by molar-refractivity contribution is 9.10. The smallest absolute Gasteiger partial charge is 0.418 e. The van der Waals surface area contributed by atoms with Crippen molar-refractivity contribution in [1.82, 2.24) is 4.98 Å². The van der Waals surface area contributed by atoms with E-state index in [9.17, 15) is 13.2 Å².